The summed E-state index contributed by atoms with van der Waals surface area (Å²) in [7, 11) is 0. The lowest BCUT2D eigenvalue weighted by Gasteiger charge is -2.14. The van der Waals surface area contributed by atoms with Crippen LogP contribution in [0.5, 0.6) is 5.75 Å². The van der Waals surface area contributed by atoms with Crippen LogP contribution in [0.25, 0.3) is 0 Å². The number of carbonyl (C=O) groups is 2. The van der Waals surface area contributed by atoms with Crippen LogP contribution in [0, 0.1) is 5.82 Å². The quantitative estimate of drug-likeness (QED) is 0.804. The van der Waals surface area contributed by atoms with Gasteiger partial charge in [-0.2, -0.15) is 0 Å². The fraction of sp³-hybridized carbons (Fsp3) is 0.429. The number of nitrogens with one attached hydrogen (secondary N) is 1. The average molecular weight is 283 g/mol. The number of amides is 1. The van der Waals surface area contributed by atoms with Crippen LogP contribution in [-0.4, -0.2) is 29.6 Å². The minimum atomic E-state index is -1.43. The van der Waals surface area contributed by atoms with Crippen LogP contribution in [0.4, 0.5) is 4.39 Å². The number of benzene rings is 1. The van der Waals surface area contributed by atoms with Crippen molar-refractivity contribution in [2.45, 2.75) is 32.7 Å². The first kappa shape index (κ1) is 15.9. The molecule has 1 rings (SSSR count). The smallest absolute Gasteiger partial charge is 0.342 e. The van der Waals surface area contributed by atoms with Crippen molar-refractivity contribution in [3.05, 3.63) is 29.6 Å². The number of aromatic carboxylic acids is 1. The van der Waals surface area contributed by atoms with Gasteiger partial charge in [-0.3, -0.25) is 4.79 Å². The van der Waals surface area contributed by atoms with Gasteiger partial charge in [-0.05, 0) is 25.5 Å². The Bertz CT molecular complexity index is 490. The summed E-state index contributed by atoms with van der Waals surface area (Å²) in [5.74, 6) is -2.85. The lowest BCUT2D eigenvalue weighted by Crippen LogP contribution is -2.36. The van der Waals surface area contributed by atoms with Crippen molar-refractivity contribution in [2.24, 2.45) is 0 Å². The molecule has 0 aliphatic rings. The zero-order valence-electron chi connectivity index (χ0n) is 11.5. The fourth-order valence-corrected chi connectivity index (χ4v) is 1.80. The van der Waals surface area contributed by atoms with Crippen molar-refractivity contribution >= 4 is 11.9 Å². The van der Waals surface area contributed by atoms with Crippen LogP contribution in [0.3, 0.4) is 0 Å². The summed E-state index contributed by atoms with van der Waals surface area (Å²) < 4.78 is 18.5. The molecule has 1 aromatic rings. The average Bonchev–Trinajstić information content (AvgIpc) is 2.36. The van der Waals surface area contributed by atoms with E-state index in [1.165, 1.54) is 12.1 Å². The highest BCUT2D eigenvalue weighted by molar-refractivity contribution is 5.91. The first-order valence-electron chi connectivity index (χ1n) is 6.39. The maximum atomic E-state index is 13.4. The predicted octanol–water partition coefficient (Wildman–Crippen LogP) is 2.21. The zero-order valence-corrected chi connectivity index (χ0v) is 11.5. The van der Waals surface area contributed by atoms with Gasteiger partial charge in [0.25, 0.3) is 5.91 Å². The van der Waals surface area contributed by atoms with E-state index in [9.17, 15) is 14.0 Å². The van der Waals surface area contributed by atoms with Gasteiger partial charge in [0.2, 0.25) is 0 Å². The molecule has 1 unspecified atom stereocenters. The summed E-state index contributed by atoms with van der Waals surface area (Å²) in [5, 5.41) is 11.6. The molecule has 0 radical (unpaired) electrons. The molecular weight excluding hydrogens is 265 g/mol. The fourth-order valence-electron chi connectivity index (χ4n) is 1.80. The van der Waals surface area contributed by atoms with Gasteiger partial charge in [0, 0.05) is 6.04 Å². The second-order valence-corrected chi connectivity index (χ2v) is 4.46. The molecule has 1 atom stereocenters. The molecule has 0 fully saturated rings. The van der Waals surface area contributed by atoms with E-state index in [2.05, 4.69) is 5.32 Å². The number of halogens is 1. The lowest BCUT2D eigenvalue weighted by molar-refractivity contribution is -0.123. The van der Waals surface area contributed by atoms with Crippen molar-refractivity contribution in [1.29, 1.82) is 0 Å². The molecule has 0 aliphatic heterocycles. The number of ether oxygens (including phenoxy) is 1. The van der Waals surface area contributed by atoms with Crippen LogP contribution >= 0.6 is 0 Å². The highest BCUT2D eigenvalue weighted by Crippen LogP contribution is 2.21. The Balaban J connectivity index is 2.64. The molecule has 0 aromatic heterocycles. The summed E-state index contributed by atoms with van der Waals surface area (Å²) >= 11 is 0. The highest BCUT2D eigenvalue weighted by atomic mass is 19.1. The second kappa shape index (κ2) is 7.47. The Kier molecular flexibility index (Phi) is 5.96. The molecule has 0 saturated carbocycles. The van der Waals surface area contributed by atoms with Gasteiger partial charge < -0.3 is 15.2 Å². The Morgan fingerprint density at radius 1 is 1.45 bits per heavy atom. The molecule has 0 heterocycles. The van der Waals surface area contributed by atoms with E-state index in [0.29, 0.717) is 0 Å². The topological polar surface area (TPSA) is 75.6 Å². The number of hydrogen-bond acceptors (Lipinski definition) is 3. The van der Waals surface area contributed by atoms with Crippen molar-refractivity contribution < 1.29 is 23.8 Å². The van der Waals surface area contributed by atoms with E-state index < -0.39 is 17.3 Å². The van der Waals surface area contributed by atoms with Gasteiger partial charge in [-0.1, -0.05) is 19.4 Å². The van der Waals surface area contributed by atoms with Gasteiger partial charge >= 0.3 is 5.97 Å². The second-order valence-electron chi connectivity index (χ2n) is 4.46. The Morgan fingerprint density at radius 2 is 2.15 bits per heavy atom. The Labute approximate surface area is 116 Å². The first-order chi connectivity index (χ1) is 9.45. The molecule has 1 amide bonds. The number of rotatable bonds is 7. The molecule has 1 aromatic carbocycles. The molecule has 2 N–H and O–H groups in total. The van der Waals surface area contributed by atoms with Gasteiger partial charge in [0.1, 0.15) is 17.1 Å². The lowest BCUT2D eigenvalue weighted by atomic mass is 10.2. The summed E-state index contributed by atoms with van der Waals surface area (Å²) in [5.41, 5.74) is -0.568. The van der Waals surface area contributed by atoms with Crippen molar-refractivity contribution in [3.8, 4) is 5.75 Å². The summed E-state index contributed by atoms with van der Waals surface area (Å²) in [6.45, 7) is 3.52. The van der Waals surface area contributed by atoms with Crippen molar-refractivity contribution in [2.75, 3.05) is 6.61 Å². The van der Waals surface area contributed by atoms with Crippen LogP contribution in [-0.2, 0) is 4.79 Å². The maximum Gasteiger partial charge on any atom is 0.342 e. The number of carbonyl (C=O) groups excluding carboxylic acids is 1. The van der Waals surface area contributed by atoms with Crippen molar-refractivity contribution in [1.82, 2.24) is 5.32 Å². The third-order valence-electron chi connectivity index (χ3n) is 2.68. The van der Waals surface area contributed by atoms with E-state index in [1.54, 1.807) is 0 Å². The van der Waals surface area contributed by atoms with Gasteiger partial charge in [0.15, 0.2) is 6.61 Å². The van der Waals surface area contributed by atoms with Gasteiger partial charge in [-0.15, -0.1) is 0 Å². The molecule has 0 aliphatic carbocycles. The van der Waals surface area contributed by atoms with E-state index in [1.807, 2.05) is 13.8 Å². The minimum absolute atomic E-state index is 0.0163. The predicted molar refractivity (Wildman–Crippen MR) is 71.4 cm³/mol. The molecule has 5 nitrogen and oxygen atoms in total. The number of hydrogen-bond donors (Lipinski definition) is 2. The molecule has 0 bridgehead atoms. The van der Waals surface area contributed by atoms with Gasteiger partial charge in [0.05, 0.1) is 0 Å². The molecule has 0 spiro atoms. The molecular formula is C14H18FNO4. The van der Waals surface area contributed by atoms with Crippen LogP contribution in [0.15, 0.2) is 18.2 Å². The zero-order chi connectivity index (χ0) is 15.1. The largest absolute Gasteiger partial charge is 0.483 e. The summed E-state index contributed by atoms with van der Waals surface area (Å²) in [6, 6.07) is 3.69. The minimum Gasteiger partial charge on any atom is -0.483 e. The third-order valence-corrected chi connectivity index (χ3v) is 2.68. The van der Waals surface area contributed by atoms with E-state index in [4.69, 9.17) is 9.84 Å². The number of carboxylic acids is 1. The van der Waals surface area contributed by atoms with Crippen LogP contribution in [0.2, 0.25) is 0 Å². The highest BCUT2D eigenvalue weighted by Gasteiger charge is 2.17. The summed E-state index contributed by atoms with van der Waals surface area (Å²) in [6.07, 6.45) is 1.78. The third kappa shape index (κ3) is 4.53. The van der Waals surface area contributed by atoms with Crippen molar-refractivity contribution in [3.63, 3.8) is 0 Å². The standard InChI is InChI=1S/C14H18FNO4/c1-3-5-9(2)16-12(17)8-20-11-7-4-6-10(15)13(11)14(18)19/h4,6-7,9H,3,5,8H2,1-2H3,(H,16,17)(H,18,19). The monoisotopic (exact) mass is 283 g/mol. The van der Waals surface area contributed by atoms with Gasteiger partial charge in [-0.25, -0.2) is 9.18 Å². The SMILES string of the molecule is CCCC(C)NC(=O)COc1cccc(F)c1C(=O)O. The molecule has 110 valence electrons. The molecule has 20 heavy (non-hydrogen) atoms. The Hall–Kier alpha value is -2.11. The maximum absolute atomic E-state index is 13.4. The van der Waals surface area contributed by atoms with E-state index >= 15 is 0 Å². The van der Waals surface area contributed by atoms with E-state index in [0.717, 1.165) is 18.9 Å². The summed E-state index contributed by atoms with van der Waals surface area (Å²) in [4.78, 5) is 22.5. The van der Waals surface area contributed by atoms with E-state index in [-0.39, 0.29) is 24.3 Å². The first-order valence-corrected chi connectivity index (χ1v) is 6.39. The molecule has 6 heteroatoms. The normalized spacial score (nSPS) is 11.8. The van der Waals surface area contributed by atoms with Crippen LogP contribution in [0.1, 0.15) is 37.0 Å². The Morgan fingerprint density at radius 3 is 2.75 bits per heavy atom. The molecule has 0 saturated heterocycles. The number of carboxylic acid groups (broad SMARTS) is 1. The van der Waals surface area contributed by atoms with Crippen LogP contribution < -0.4 is 10.1 Å².